The smallest absolute Gasteiger partial charge is 0.296 e. The van der Waals surface area contributed by atoms with Crippen molar-refractivity contribution in [3.05, 3.63) is 41.8 Å². The largest absolute Gasteiger partial charge is 0.446 e. The lowest BCUT2D eigenvalue weighted by atomic mass is 10.2. The highest BCUT2D eigenvalue weighted by Crippen LogP contribution is 2.36. The van der Waals surface area contributed by atoms with Gasteiger partial charge in [0.1, 0.15) is 0 Å². The molecule has 1 aliphatic heterocycles. The Hall–Kier alpha value is -0.630. The average Bonchev–Trinajstić information content (AvgIpc) is 2.42. The topological polar surface area (TPSA) is 6.48 Å². The van der Waals surface area contributed by atoms with Crippen LogP contribution in [0.1, 0.15) is 5.56 Å². The lowest BCUT2D eigenvalue weighted by molar-refractivity contribution is -0.0328. The zero-order valence-corrected chi connectivity index (χ0v) is 13.1. The first-order valence-electron chi connectivity index (χ1n) is 6.56. The van der Waals surface area contributed by atoms with Gasteiger partial charge in [0.05, 0.1) is 0 Å². The summed E-state index contributed by atoms with van der Waals surface area (Å²) in [6, 6.07) is 6.63. The van der Waals surface area contributed by atoms with Gasteiger partial charge >= 0.3 is 5.51 Å². The van der Waals surface area contributed by atoms with E-state index in [0.29, 0.717) is 0 Å². The molecule has 2 rings (SSSR count). The van der Waals surface area contributed by atoms with Gasteiger partial charge in [-0.25, -0.2) is 4.31 Å². The summed E-state index contributed by atoms with van der Waals surface area (Å²) in [5, 5.41) is 1.83. The van der Waals surface area contributed by atoms with Crippen LogP contribution in [0.3, 0.4) is 0 Å². The van der Waals surface area contributed by atoms with Crippen LogP contribution in [0.5, 0.6) is 0 Å². The summed E-state index contributed by atoms with van der Waals surface area (Å²) in [6.07, 6.45) is 0. The maximum atomic E-state index is 12.3. The molecule has 1 fully saturated rings. The highest BCUT2D eigenvalue weighted by molar-refractivity contribution is 8.00. The van der Waals surface area contributed by atoms with Crippen molar-refractivity contribution in [1.29, 1.82) is 0 Å². The van der Waals surface area contributed by atoms with Gasteiger partial charge in [-0.2, -0.15) is 13.2 Å². The first-order valence-corrected chi connectivity index (χ1v) is 8.21. The predicted molar refractivity (Wildman–Crippen MR) is 83.0 cm³/mol. The Kier molecular flexibility index (Phi) is 6.04. The lowest BCUT2D eigenvalue weighted by Crippen LogP contribution is -2.42. The van der Waals surface area contributed by atoms with E-state index in [4.69, 9.17) is 0 Å². The Morgan fingerprint density at radius 1 is 1.10 bits per heavy atom. The van der Waals surface area contributed by atoms with Crippen molar-refractivity contribution in [2.75, 3.05) is 26.2 Å². The van der Waals surface area contributed by atoms with Gasteiger partial charge in [-0.3, -0.25) is 4.90 Å². The zero-order chi connectivity index (χ0) is 15.3. The summed E-state index contributed by atoms with van der Waals surface area (Å²) < 4.78 is 39.0. The van der Waals surface area contributed by atoms with E-state index in [1.165, 1.54) is 12.1 Å². The van der Waals surface area contributed by atoms with Crippen LogP contribution < -0.4 is 0 Å². The summed E-state index contributed by atoms with van der Waals surface area (Å²) in [5.74, 6) is 0. The molecule has 0 aliphatic carbocycles. The van der Waals surface area contributed by atoms with Gasteiger partial charge in [-0.15, -0.1) is 0 Å². The molecular formula is C14H17F3N2S2. The number of thioether (sulfide) groups is 1. The average molecular weight is 334 g/mol. The molecule has 0 amide bonds. The third kappa shape index (κ3) is 5.94. The quantitative estimate of drug-likeness (QED) is 0.588. The first-order chi connectivity index (χ1) is 9.96. The highest BCUT2D eigenvalue weighted by Gasteiger charge is 2.29. The van der Waals surface area contributed by atoms with E-state index in [1.807, 2.05) is 5.41 Å². The summed E-state index contributed by atoms with van der Waals surface area (Å²) >= 11 is 1.56. The van der Waals surface area contributed by atoms with Gasteiger partial charge in [0.25, 0.3) is 0 Å². The van der Waals surface area contributed by atoms with Gasteiger partial charge in [-0.1, -0.05) is 30.7 Å². The Bertz CT molecular complexity index is 454. The molecule has 0 atom stereocenters. The molecule has 0 bridgehead atoms. The zero-order valence-electron chi connectivity index (χ0n) is 11.5. The fraction of sp³-hybridized carbons (Fsp3) is 0.429. The molecule has 0 saturated carbocycles. The van der Waals surface area contributed by atoms with Crippen molar-refractivity contribution in [2.24, 2.45) is 0 Å². The van der Waals surface area contributed by atoms with E-state index in [2.05, 4.69) is 15.8 Å². The Morgan fingerprint density at radius 3 is 2.24 bits per heavy atom. The standard InChI is InChI=1S/C14H17F3N2S2/c1-2-20-19-9-7-18(8-10-19)11-12-3-5-13(6-4-12)21-14(15,16)17/h2-6H,1,7-11H2. The van der Waals surface area contributed by atoms with E-state index in [9.17, 15) is 13.2 Å². The molecule has 2 nitrogen and oxygen atoms in total. The summed E-state index contributed by atoms with van der Waals surface area (Å²) in [4.78, 5) is 2.55. The number of halogens is 3. The van der Waals surface area contributed by atoms with Gasteiger partial charge in [0, 0.05) is 37.6 Å². The fourth-order valence-corrected chi connectivity index (χ4v) is 3.28. The highest BCUT2D eigenvalue weighted by atomic mass is 32.2. The second-order valence-electron chi connectivity index (χ2n) is 4.67. The van der Waals surface area contributed by atoms with Crippen molar-refractivity contribution >= 4 is 23.7 Å². The first kappa shape index (κ1) is 16.7. The number of alkyl halides is 3. The maximum Gasteiger partial charge on any atom is 0.446 e. The molecule has 7 heteroatoms. The monoisotopic (exact) mass is 334 g/mol. The minimum Gasteiger partial charge on any atom is -0.296 e. The predicted octanol–water partition coefficient (Wildman–Crippen LogP) is 4.21. The van der Waals surface area contributed by atoms with E-state index in [1.54, 1.807) is 24.1 Å². The van der Waals surface area contributed by atoms with Crippen molar-refractivity contribution in [2.45, 2.75) is 16.9 Å². The summed E-state index contributed by atoms with van der Waals surface area (Å²) in [7, 11) is 0. The molecule has 1 aliphatic rings. The van der Waals surface area contributed by atoms with E-state index >= 15 is 0 Å². The molecule has 1 aromatic rings. The van der Waals surface area contributed by atoms with Gasteiger partial charge in [-0.05, 0) is 34.9 Å². The number of hydrogen-bond acceptors (Lipinski definition) is 4. The van der Waals surface area contributed by atoms with Crippen LogP contribution >= 0.6 is 23.7 Å². The number of hydrogen-bond donors (Lipinski definition) is 0. The van der Waals surface area contributed by atoms with Crippen molar-refractivity contribution in [3.8, 4) is 0 Å². The molecule has 1 saturated heterocycles. The van der Waals surface area contributed by atoms with Crippen LogP contribution in [-0.2, 0) is 6.54 Å². The number of piperazine rings is 1. The van der Waals surface area contributed by atoms with Crippen molar-refractivity contribution in [3.63, 3.8) is 0 Å². The fourth-order valence-electron chi connectivity index (χ4n) is 2.15. The number of rotatable bonds is 5. The van der Waals surface area contributed by atoms with Crippen LogP contribution in [0.25, 0.3) is 0 Å². The Labute approximate surface area is 131 Å². The Morgan fingerprint density at radius 2 is 1.71 bits per heavy atom. The van der Waals surface area contributed by atoms with Crippen LogP contribution in [0.15, 0.2) is 41.1 Å². The molecule has 21 heavy (non-hydrogen) atoms. The van der Waals surface area contributed by atoms with Crippen molar-refractivity contribution in [1.82, 2.24) is 9.21 Å². The van der Waals surface area contributed by atoms with Gasteiger partial charge in [0.15, 0.2) is 0 Å². The maximum absolute atomic E-state index is 12.3. The number of benzene rings is 1. The molecule has 0 aromatic heterocycles. The molecule has 0 N–H and O–H groups in total. The number of nitrogens with zero attached hydrogens (tertiary/aromatic N) is 2. The molecule has 1 heterocycles. The third-order valence-corrected chi connectivity index (χ3v) is 4.67. The second-order valence-corrected chi connectivity index (χ2v) is 6.87. The summed E-state index contributed by atoms with van der Waals surface area (Å²) in [6.45, 7) is 8.34. The van der Waals surface area contributed by atoms with E-state index in [-0.39, 0.29) is 16.7 Å². The van der Waals surface area contributed by atoms with Crippen LogP contribution in [0, 0.1) is 0 Å². The molecule has 0 radical (unpaired) electrons. The molecule has 0 unspecified atom stereocenters. The Balaban J connectivity index is 1.83. The molecular weight excluding hydrogens is 317 g/mol. The van der Waals surface area contributed by atoms with Crippen molar-refractivity contribution < 1.29 is 13.2 Å². The molecule has 1 aromatic carbocycles. The summed E-state index contributed by atoms with van der Waals surface area (Å²) in [5.41, 5.74) is -3.17. The van der Waals surface area contributed by atoms with E-state index < -0.39 is 5.51 Å². The van der Waals surface area contributed by atoms with Crippen LogP contribution in [-0.4, -0.2) is 40.9 Å². The van der Waals surface area contributed by atoms with E-state index in [0.717, 1.165) is 38.3 Å². The minimum atomic E-state index is -4.22. The normalized spacial score (nSPS) is 17.9. The van der Waals surface area contributed by atoms with Crippen LogP contribution in [0.2, 0.25) is 0 Å². The SMILES string of the molecule is C=CSN1CCN(Cc2ccc(SC(F)(F)F)cc2)CC1. The third-order valence-electron chi connectivity index (χ3n) is 3.12. The minimum absolute atomic E-state index is 0.0711. The van der Waals surface area contributed by atoms with Gasteiger partial charge in [0.2, 0.25) is 0 Å². The second kappa shape index (κ2) is 7.58. The van der Waals surface area contributed by atoms with Gasteiger partial charge < -0.3 is 0 Å². The van der Waals surface area contributed by atoms with Crippen LogP contribution in [0.4, 0.5) is 13.2 Å². The lowest BCUT2D eigenvalue weighted by Gasteiger charge is -2.33. The molecule has 116 valence electrons. The molecule has 0 spiro atoms.